The van der Waals surface area contributed by atoms with Crippen LogP contribution in [0.3, 0.4) is 0 Å². The Kier molecular flexibility index (Phi) is 4.61. The number of nitrogens with one attached hydrogen (secondary N) is 1. The standard InChI is InChI=1S/C16H17F3N2O3S/c17-16(18,19)25-12-6-2-1-5-11(12)20-14(24)21-8-10-4-3-7-15(10,9-21)13(22)23/h1-2,5-6,10H,3-4,7-9H2,(H,20,24)(H,22,23)/t10-,15+/m0/s1. The van der Waals surface area contributed by atoms with E-state index in [-0.39, 0.29) is 34.8 Å². The normalized spacial score (nSPS) is 25.7. The van der Waals surface area contributed by atoms with Crippen LogP contribution in [0.5, 0.6) is 0 Å². The highest BCUT2D eigenvalue weighted by Gasteiger charge is 2.55. The van der Waals surface area contributed by atoms with Crippen LogP contribution in [0.2, 0.25) is 0 Å². The molecule has 9 heteroatoms. The maximum Gasteiger partial charge on any atom is 0.446 e. The number of hydrogen-bond donors (Lipinski definition) is 2. The number of nitrogens with zero attached hydrogens (tertiary/aromatic N) is 1. The van der Waals surface area contributed by atoms with Crippen molar-refractivity contribution >= 4 is 29.4 Å². The van der Waals surface area contributed by atoms with E-state index in [0.717, 1.165) is 12.8 Å². The Bertz CT molecular complexity index is 697. The smallest absolute Gasteiger partial charge is 0.446 e. The van der Waals surface area contributed by atoms with E-state index in [2.05, 4.69) is 5.32 Å². The number of carbonyl (C=O) groups is 2. The van der Waals surface area contributed by atoms with Crippen LogP contribution < -0.4 is 5.32 Å². The van der Waals surface area contributed by atoms with E-state index in [1.54, 1.807) is 0 Å². The predicted molar refractivity (Wildman–Crippen MR) is 86.4 cm³/mol. The van der Waals surface area contributed by atoms with Crippen molar-refractivity contribution in [3.05, 3.63) is 24.3 Å². The van der Waals surface area contributed by atoms with Crippen LogP contribution in [0.25, 0.3) is 0 Å². The third-order valence-electron chi connectivity index (χ3n) is 4.94. The molecule has 1 heterocycles. The molecule has 0 radical (unpaired) electrons. The van der Waals surface area contributed by atoms with E-state index < -0.39 is 22.9 Å². The van der Waals surface area contributed by atoms with Crippen molar-refractivity contribution < 1.29 is 27.9 Å². The molecule has 0 aromatic heterocycles. The second-order valence-corrected chi connectivity index (χ2v) is 7.51. The van der Waals surface area contributed by atoms with Gasteiger partial charge in [-0.05, 0) is 42.7 Å². The van der Waals surface area contributed by atoms with Gasteiger partial charge in [-0.15, -0.1) is 0 Å². The number of amides is 2. The zero-order chi connectivity index (χ0) is 18.2. The van der Waals surface area contributed by atoms with Gasteiger partial charge in [0.1, 0.15) is 0 Å². The molecule has 1 aliphatic carbocycles. The number of carboxylic acids is 1. The first kappa shape index (κ1) is 17.9. The van der Waals surface area contributed by atoms with Gasteiger partial charge >= 0.3 is 17.5 Å². The minimum Gasteiger partial charge on any atom is -0.481 e. The molecule has 2 atom stereocenters. The van der Waals surface area contributed by atoms with Crippen LogP contribution in [-0.4, -0.2) is 40.6 Å². The number of carbonyl (C=O) groups excluding carboxylic acids is 1. The summed E-state index contributed by atoms with van der Waals surface area (Å²) in [4.78, 5) is 25.4. The van der Waals surface area contributed by atoms with Crippen molar-refractivity contribution in [2.45, 2.75) is 29.7 Å². The summed E-state index contributed by atoms with van der Waals surface area (Å²) in [5.41, 5.74) is -5.31. The first-order chi connectivity index (χ1) is 11.7. The third kappa shape index (κ3) is 3.56. The Labute approximate surface area is 146 Å². The highest BCUT2D eigenvalue weighted by Crippen LogP contribution is 2.49. The molecule has 0 spiro atoms. The van der Waals surface area contributed by atoms with Crippen LogP contribution in [0.15, 0.2) is 29.2 Å². The predicted octanol–water partition coefficient (Wildman–Crippen LogP) is 4.02. The fourth-order valence-electron chi connectivity index (χ4n) is 3.77. The number of anilines is 1. The second-order valence-electron chi connectivity index (χ2n) is 6.41. The molecular weight excluding hydrogens is 357 g/mol. The number of para-hydroxylation sites is 1. The summed E-state index contributed by atoms with van der Waals surface area (Å²) in [6.45, 7) is 0.403. The fraction of sp³-hybridized carbons (Fsp3) is 0.500. The van der Waals surface area contributed by atoms with Crippen molar-refractivity contribution in [2.24, 2.45) is 11.3 Å². The minimum atomic E-state index is -4.46. The van der Waals surface area contributed by atoms with E-state index >= 15 is 0 Å². The number of halogens is 3. The Hall–Kier alpha value is -1.90. The lowest BCUT2D eigenvalue weighted by molar-refractivity contribution is -0.149. The van der Waals surface area contributed by atoms with E-state index in [9.17, 15) is 27.9 Å². The first-order valence-corrected chi connectivity index (χ1v) is 8.67. The summed E-state index contributed by atoms with van der Waals surface area (Å²) in [6.07, 6.45) is 2.09. The van der Waals surface area contributed by atoms with Gasteiger partial charge in [0.05, 0.1) is 11.1 Å². The molecule has 5 nitrogen and oxygen atoms in total. The number of carboxylic acid groups (broad SMARTS) is 1. The molecule has 2 fully saturated rings. The first-order valence-electron chi connectivity index (χ1n) is 7.85. The number of rotatable bonds is 3. The van der Waals surface area contributed by atoms with Crippen LogP contribution in [-0.2, 0) is 4.79 Å². The largest absolute Gasteiger partial charge is 0.481 e. The van der Waals surface area contributed by atoms with Crippen LogP contribution in [0.1, 0.15) is 19.3 Å². The molecule has 1 saturated carbocycles. The van der Waals surface area contributed by atoms with E-state index in [4.69, 9.17) is 0 Å². The van der Waals surface area contributed by atoms with Crippen molar-refractivity contribution in [2.75, 3.05) is 18.4 Å². The Balaban J connectivity index is 1.73. The van der Waals surface area contributed by atoms with Crippen LogP contribution >= 0.6 is 11.8 Å². The summed E-state index contributed by atoms with van der Waals surface area (Å²) < 4.78 is 37.9. The highest BCUT2D eigenvalue weighted by atomic mass is 32.2. The average molecular weight is 374 g/mol. The molecule has 2 N–H and O–H groups in total. The second kappa shape index (κ2) is 6.44. The molecule has 1 aromatic rings. The molecule has 2 aliphatic rings. The molecule has 0 unspecified atom stereocenters. The lowest BCUT2D eigenvalue weighted by atomic mass is 9.81. The van der Waals surface area contributed by atoms with Gasteiger partial charge in [-0.2, -0.15) is 13.2 Å². The molecule has 1 saturated heterocycles. The molecule has 2 amide bonds. The Morgan fingerprint density at radius 2 is 2.04 bits per heavy atom. The van der Waals surface area contributed by atoms with Gasteiger partial charge in [0, 0.05) is 18.0 Å². The molecule has 1 aliphatic heterocycles. The third-order valence-corrected chi connectivity index (χ3v) is 5.75. The number of alkyl halides is 3. The van der Waals surface area contributed by atoms with Crippen LogP contribution in [0, 0.1) is 11.3 Å². The Morgan fingerprint density at radius 1 is 1.32 bits per heavy atom. The van der Waals surface area contributed by atoms with Gasteiger partial charge in [0.15, 0.2) is 0 Å². The van der Waals surface area contributed by atoms with Gasteiger partial charge < -0.3 is 15.3 Å². The number of hydrogen-bond acceptors (Lipinski definition) is 3. The van der Waals surface area contributed by atoms with Gasteiger partial charge in [0.2, 0.25) is 0 Å². The minimum absolute atomic E-state index is 0.0660. The number of thioether (sulfide) groups is 1. The van der Waals surface area contributed by atoms with Gasteiger partial charge in [-0.3, -0.25) is 4.79 Å². The number of fused-ring (bicyclic) bond motifs is 1. The van der Waals surface area contributed by atoms with E-state index in [1.807, 2.05) is 0 Å². The van der Waals surface area contributed by atoms with Gasteiger partial charge in [-0.25, -0.2) is 4.79 Å². The molecular formula is C16H17F3N2O3S. The lowest BCUT2D eigenvalue weighted by Crippen LogP contribution is -2.38. The summed E-state index contributed by atoms with van der Waals surface area (Å²) in [5, 5.41) is 12.0. The fourth-order valence-corrected chi connectivity index (χ4v) is 4.40. The number of benzene rings is 1. The van der Waals surface area contributed by atoms with Crippen molar-refractivity contribution in [1.82, 2.24) is 4.90 Å². The topological polar surface area (TPSA) is 69.6 Å². The highest BCUT2D eigenvalue weighted by molar-refractivity contribution is 8.00. The Morgan fingerprint density at radius 3 is 2.68 bits per heavy atom. The average Bonchev–Trinajstić information content (AvgIpc) is 3.05. The van der Waals surface area contributed by atoms with Gasteiger partial charge in [0.25, 0.3) is 0 Å². The van der Waals surface area contributed by atoms with Crippen molar-refractivity contribution in [3.63, 3.8) is 0 Å². The summed E-state index contributed by atoms with van der Waals surface area (Å²) in [5.74, 6) is -1.01. The zero-order valence-electron chi connectivity index (χ0n) is 13.2. The number of urea groups is 1. The molecule has 3 rings (SSSR count). The number of likely N-dealkylation sites (tertiary alicyclic amines) is 1. The summed E-state index contributed by atoms with van der Waals surface area (Å²) in [7, 11) is 0. The molecule has 0 bridgehead atoms. The van der Waals surface area contributed by atoms with E-state index in [1.165, 1.54) is 29.2 Å². The van der Waals surface area contributed by atoms with Gasteiger partial charge in [-0.1, -0.05) is 18.6 Å². The number of aliphatic carboxylic acids is 1. The molecule has 136 valence electrons. The van der Waals surface area contributed by atoms with E-state index in [0.29, 0.717) is 13.0 Å². The SMILES string of the molecule is O=C(Nc1ccccc1SC(F)(F)F)N1C[C@@H]2CCC[C@@]2(C(=O)O)C1. The molecule has 1 aromatic carbocycles. The maximum atomic E-state index is 12.6. The van der Waals surface area contributed by atoms with Crippen molar-refractivity contribution in [1.29, 1.82) is 0 Å². The monoisotopic (exact) mass is 374 g/mol. The van der Waals surface area contributed by atoms with Crippen molar-refractivity contribution in [3.8, 4) is 0 Å². The quantitative estimate of drug-likeness (QED) is 0.784. The lowest BCUT2D eigenvalue weighted by Gasteiger charge is -2.23. The molecule has 25 heavy (non-hydrogen) atoms. The summed E-state index contributed by atoms with van der Waals surface area (Å²) in [6, 6.07) is 5.11. The zero-order valence-corrected chi connectivity index (χ0v) is 14.0. The summed E-state index contributed by atoms with van der Waals surface area (Å²) >= 11 is -0.295. The maximum absolute atomic E-state index is 12.6. The van der Waals surface area contributed by atoms with Crippen LogP contribution in [0.4, 0.5) is 23.7 Å².